The maximum Gasteiger partial charge on any atom is 0.436 e. The Hall–Kier alpha value is -3.51. The molecule has 1 heterocycles. The minimum atomic E-state index is -5.01. The van der Waals surface area contributed by atoms with Crippen LogP contribution in [0, 0.1) is 11.6 Å². The molecule has 0 saturated heterocycles. The van der Waals surface area contributed by atoms with Gasteiger partial charge in [-0.05, 0) is 24.6 Å². The zero-order valence-corrected chi connectivity index (χ0v) is 17.2. The van der Waals surface area contributed by atoms with Crippen LogP contribution >= 0.6 is 0 Å². The van der Waals surface area contributed by atoms with Gasteiger partial charge in [-0.2, -0.15) is 18.3 Å². The van der Waals surface area contributed by atoms with Gasteiger partial charge < -0.3 is 20.3 Å². The van der Waals surface area contributed by atoms with Crippen molar-refractivity contribution in [3.05, 3.63) is 76.5 Å². The van der Waals surface area contributed by atoms with Crippen LogP contribution in [-0.4, -0.2) is 25.9 Å². The fourth-order valence-electron chi connectivity index (χ4n) is 2.99. The molecule has 33 heavy (non-hydrogen) atoms. The van der Waals surface area contributed by atoms with E-state index in [9.17, 15) is 26.7 Å². The number of benzene rings is 2. The Morgan fingerprint density at radius 1 is 1.06 bits per heavy atom. The molecule has 0 saturated carbocycles. The summed E-state index contributed by atoms with van der Waals surface area (Å²) in [4.78, 5) is 12.9. The van der Waals surface area contributed by atoms with Crippen LogP contribution in [0.5, 0.6) is 11.6 Å². The zero-order chi connectivity index (χ0) is 24.5. The third-order valence-corrected chi connectivity index (χ3v) is 4.68. The summed E-state index contributed by atoms with van der Waals surface area (Å²) in [5, 5.41) is 24.0. The highest BCUT2D eigenvalue weighted by Crippen LogP contribution is 2.37. The van der Waals surface area contributed by atoms with Crippen LogP contribution < -0.4 is 10.1 Å². The molecule has 0 aliphatic heterocycles. The summed E-state index contributed by atoms with van der Waals surface area (Å²) in [6.07, 6.45) is -6.72. The lowest BCUT2D eigenvalue weighted by Crippen LogP contribution is -2.28. The van der Waals surface area contributed by atoms with Crippen LogP contribution in [0.2, 0.25) is 0 Å². The molecule has 3 N–H and O–H groups in total. The predicted octanol–water partition coefficient (Wildman–Crippen LogP) is 3.98. The van der Waals surface area contributed by atoms with Gasteiger partial charge in [0.2, 0.25) is 5.88 Å². The largest absolute Gasteiger partial charge is 0.438 e. The summed E-state index contributed by atoms with van der Waals surface area (Å²) in [5.41, 5.74) is -1.81. The Balaban J connectivity index is 1.95. The summed E-state index contributed by atoms with van der Waals surface area (Å²) < 4.78 is 73.3. The number of hydrogen-bond acceptors (Lipinski definition) is 5. The molecule has 12 heteroatoms. The van der Waals surface area contributed by atoms with Gasteiger partial charge in [-0.15, -0.1) is 0 Å². The van der Waals surface area contributed by atoms with Crippen molar-refractivity contribution in [2.24, 2.45) is 7.05 Å². The van der Waals surface area contributed by atoms with Crippen molar-refractivity contribution in [1.29, 1.82) is 0 Å². The molecule has 0 radical (unpaired) electrons. The number of nitrogens with zero attached hydrogens (tertiary/aromatic N) is 2. The summed E-state index contributed by atoms with van der Waals surface area (Å²) in [7, 11) is 1.10. The van der Waals surface area contributed by atoms with Crippen molar-refractivity contribution in [2.45, 2.75) is 25.4 Å². The third kappa shape index (κ3) is 5.29. The maximum atomic E-state index is 13.6. The monoisotopic (exact) mass is 471 g/mol. The lowest BCUT2D eigenvalue weighted by molar-refractivity contribution is -0.141. The van der Waals surface area contributed by atoms with Crippen LogP contribution in [0.1, 0.15) is 46.4 Å². The van der Waals surface area contributed by atoms with Crippen LogP contribution in [0.4, 0.5) is 22.0 Å². The molecule has 0 aliphatic rings. The van der Waals surface area contributed by atoms with Crippen molar-refractivity contribution in [1.82, 2.24) is 15.1 Å². The van der Waals surface area contributed by atoms with Crippen molar-refractivity contribution in [2.75, 3.05) is 0 Å². The lowest BCUT2D eigenvalue weighted by Gasteiger charge is -2.16. The van der Waals surface area contributed by atoms with Crippen LogP contribution in [-0.2, 0) is 13.2 Å². The minimum Gasteiger partial charge on any atom is -0.438 e. The van der Waals surface area contributed by atoms with Crippen LogP contribution in [0.15, 0.2) is 42.5 Å². The zero-order valence-electron chi connectivity index (χ0n) is 17.2. The van der Waals surface area contributed by atoms with E-state index in [1.807, 2.05) is 0 Å². The van der Waals surface area contributed by atoms with Gasteiger partial charge in [-0.1, -0.05) is 24.3 Å². The Morgan fingerprint density at radius 3 is 2.21 bits per heavy atom. The van der Waals surface area contributed by atoms with E-state index in [2.05, 4.69) is 10.4 Å². The molecule has 3 aromatic rings. The number of rotatable bonds is 6. The summed E-state index contributed by atoms with van der Waals surface area (Å²) >= 11 is 0. The number of ether oxygens (including phenoxy) is 1. The molecular formula is C21H18F5N3O4. The van der Waals surface area contributed by atoms with Gasteiger partial charge in [0.1, 0.15) is 11.3 Å². The number of aromatic nitrogens is 2. The lowest BCUT2D eigenvalue weighted by atomic mass is 10.1. The number of aryl methyl sites for hydroxylation is 1. The highest BCUT2D eigenvalue weighted by atomic mass is 19.4. The highest BCUT2D eigenvalue weighted by molar-refractivity contribution is 5.98. The molecule has 2 aromatic carbocycles. The normalized spacial score (nSPS) is 12.7. The highest BCUT2D eigenvalue weighted by Gasteiger charge is 2.42. The van der Waals surface area contributed by atoms with Crippen LogP contribution in [0.3, 0.4) is 0 Å². The number of amides is 1. The first-order chi connectivity index (χ1) is 15.4. The Labute approximate surface area is 184 Å². The number of nitrogens with one attached hydrogen (secondary N) is 1. The molecule has 176 valence electrons. The predicted molar refractivity (Wildman–Crippen MR) is 104 cm³/mol. The molecule has 1 amide bonds. The van der Waals surface area contributed by atoms with Gasteiger partial charge in [-0.3, -0.25) is 4.79 Å². The molecule has 1 aromatic heterocycles. The average Bonchev–Trinajstić information content (AvgIpc) is 3.07. The molecule has 0 spiro atoms. The first-order valence-electron chi connectivity index (χ1n) is 9.42. The molecule has 0 fully saturated rings. The molecule has 0 aliphatic carbocycles. The average molecular weight is 471 g/mol. The van der Waals surface area contributed by atoms with Gasteiger partial charge in [0, 0.05) is 18.7 Å². The van der Waals surface area contributed by atoms with Crippen LogP contribution in [0.25, 0.3) is 0 Å². The molecule has 0 bridgehead atoms. The standard InChI is InChI=1S/C21H18F5N3O4/c1-10(11-3-5-12(6-4-11)20(31)32)27-18(30)16-17(21(24,25)26)28-29(2)19(16)33-13-7-8-14(22)15(23)9-13/h3-10,20,31-32H,1-2H3,(H,27,30). The Kier molecular flexibility index (Phi) is 6.70. The van der Waals surface area contributed by atoms with E-state index in [4.69, 9.17) is 14.9 Å². The number of hydrogen-bond donors (Lipinski definition) is 3. The molecular weight excluding hydrogens is 453 g/mol. The third-order valence-electron chi connectivity index (χ3n) is 4.68. The fraction of sp³-hybridized carbons (Fsp3) is 0.238. The fourth-order valence-corrected chi connectivity index (χ4v) is 2.99. The number of aliphatic hydroxyl groups excluding tert-OH is 1. The molecule has 7 nitrogen and oxygen atoms in total. The van der Waals surface area contributed by atoms with Gasteiger partial charge in [-0.25, -0.2) is 13.5 Å². The first kappa shape index (κ1) is 24.1. The maximum absolute atomic E-state index is 13.6. The number of halogens is 5. The van der Waals surface area contributed by atoms with E-state index in [-0.39, 0.29) is 11.3 Å². The quantitative estimate of drug-likeness (QED) is 0.373. The van der Waals surface area contributed by atoms with Crippen molar-refractivity contribution < 1.29 is 41.7 Å². The molecule has 3 rings (SSSR count). The second kappa shape index (κ2) is 9.16. The van der Waals surface area contributed by atoms with Crippen molar-refractivity contribution >= 4 is 5.91 Å². The summed E-state index contributed by atoms with van der Waals surface area (Å²) in [6.45, 7) is 1.50. The van der Waals surface area contributed by atoms with E-state index in [1.54, 1.807) is 0 Å². The first-order valence-corrected chi connectivity index (χ1v) is 9.42. The molecule has 1 atom stereocenters. The van der Waals surface area contributed by atoms with Gasteiger partial charge in [0.15, 0.2) is 23.6 Å². The van der Waals surface area contributed by atoms with E-state index < -0.39 is 53.2 Å². The smallest absolute Gasteiger partial charge is 0.436 e. The van der Waals surface area contributed by atoms with Gasteiger partial charge in [0.25, 0.3) is 5.91 Å². The van der Waals surface area contributed by atoms with E-state index in [1.165, 1.54) is 31.2 Å². The van der Waals surface area contributed by atoms with Gasteiger partial charge in [0.05, 0.1) is 6.04 Å². The second-order valence-corrected chi connectivity index (χ2v) is 7.06. The molecule has 1 unspecified atom stereocenters. The van der Waals surface area contributed by atoms with E-state index >= 15 is 0 Å². The number of carbonyl (C=O) groups excluding carboxylic acids is 1. The van der Waals surface area contributed by atoms with E-state index in [0.717, 1.165) is 19.2 Å². The SMILES string of the molecule is CC(NC(=O)c1c(C(F)(F)F)nn(C)c1Oc1ccc(F)c(F)c1)c1ccc(C(O)O)cc1. The number of aliphatic hydroxyl groups is 2. The number of carbonyl (C=O) groups is 1. The minimum absolute atomic E-state index is 0.186. The Bertz CT molecular complexity index is 1160. The Morgan fingerprint density at radius 2 is 1.67 bits per heavy atom. The topological polar surface area (TPSA) is 96.6 Å². The van der Waals surface area contributed by atoms with Crippen molar-refractivity contribution in [3.8, 4) is 11.6 Å². The summed E-state index contributed by atoms with van der Waals surface area (Å²) in [5.74, 6) is -4.62. The summed E-state index contributed by atoms with van der Waals surface area (Å²) in [6, 6.07) is 7.23. The second-order valence-electron chi connectivity index (χ2n) is 7.06. The van der Waals surface area contributed by atoms with E-state index in [0.29, 0.717) is 16.3 Å². The van der Waals surface area contributed by atoms with Gasteiger partial charge >= 0.3 is 6.18 Å². The van der Waals surface area contributed by atoms with Crippen molar-refractivity contribution in [3.63, 3.8) is 0 Å². The number of alkyl halides is 3.